The standard InChI is InChI=1S/C10H16N2O2S/c1-7(2)8-6-11-10(15)12(8)5-4-9(13)14-3/h6-7H,4-5H2,1-3H3,(H,11,15). The molecule has 1 N–H and O–H groups in total. The zero-order valence-electron chi connectivity index (χ0n) is 9.24. The van der Waals surface area contributed by atoms with Crippen LogP contribution in [0.1, 0.15) is 31.9 Å². The first-order valence-corrected chi connectivity index (χ1v) is 5.32. The molecule has 0 fully saturated rings. The minimum absolute atomic E-state index is 0.215. The third-order valence-corrected chi connectivity index (χ3v) is 2.60. The van der Waals surface area contributed by atoms with E-state index in [9.17, 15) is 4.79 Å². The predicted octanol–water partition coefficient (Wildman–Crippen LogP) is 2.23. The third-order valence-electron chi connectivity index (χ3n) is 2.26. The summed E-state index contributed by atoms with van der Waals surface area (Å²) in [7, 11) is 1.39. The number of nitrogens with one attached hydrogen (secondary N) is 1. The second kappa shape index (κ2) is 5.11. The van der Waals surface area contributed by atoms with Crippen molar-refractivity contribution in [2.45, 2.75) is 32.7 Å². The molecular formula is C10H16N2O2S. The van der Waals surface area contributed by atoms with E-state index in [-0.39, 0.29) is 5.97 Å². The smallest absolute Gasteiger partial charge is 0.307 e. The average molecular weight is 228 g/mol. The highest BCUT2D eigenvalue weighted by atomic mass is 32.1. The lowest BCUT2D eigenvalue weighted by atomic mass is 10.1. The fraction of sp³-hybridized carbons (Fsp3) is 0.600. The number of imidazole rings is 1. The molecule has 0 saturated heterocycles. The molecule has 0 unspecified atom stereocenters. The summed E-state index contributed by atoms with van der Waals surface area (Å²) in [6.07, 6.45) is 2.24. The van der Waals surface area contributed by atoms with E-state index in [0.717, 1.165) is 5.69 Å². The van der Waals surface area contributed by atoms with E-state index < -0.39 is 0 Å². The molecule has 0 aromatic carbocycles. The molecule has 4 nitrogen and oxygen atoms in total. The Kier molecular flexibility index (Phi) is 4.08. The van der Waals surface area contributed by atoms with Crippen molar-refractivity contribution in [3.05, 3.63) is 16.7 Å². The number of esters is 1. The Morgan fingerprint density at radius 2 is 2.33 bits per heavy atom. The summed E-state index contributed by atoms with van der Waals surface area (Å²) in [6, 6.07) is 0. The van der Waals surface area contributed by atoms with Gasteiger partial charge in [-0.1, -0.05) is 13.8 Å². The van der Waals surface area contributed by atoms with E-state index in [1.54, 1.807) is 0 Å². The number of carbonyl (C=O) groups excluding carboxylic acids is 1. The molecule has 0 spiro atoms. The maximum atomic E-state index is 11.0. The minimum atomic E-state index is -0.215. The maximum Gasteiger partial charge on any atom is 0.307 e. The third kappa shape index (κ3) is 2.92. The average Bonchev–Trinajstić information content (AvgIpc) is 2.56. The molecule has 5 heteroatoms. The van der Waals surface area contributed by atoms with E-state index >= 15 is 0 Å². The molecule has 1 aromatic heterocycles. The van der Waals surface area contributed by atoms with Crippen LogP contribution in [0.2, 0.25) is 0 Å². The normalized spacial score (nSPS) is 10.7. The van der Waals surface area contributed by atoms with Gasteiger partial charge in [0, 0.05) is 18.4 Å². The molecule has 0 radical (unpaired) electrons. The maximum absolute atomic E-state index is 11.0. The second-order valence-corrected chi connectivity index (χ2v) is 4.04. The van der Waals surface area contributed by atoms with Crippen LogP contribution < -0.4 is 0 Å². The molecular weight excluding hydrogens is 212 g/mol. The molecule has 0 saturated carbocycles. The second-order valence-electron chi connectivity index (χ2n) is 3.65. The first-order valence-electron chi connectivity index (χ1n) is 4.91. The lowest BCUT2D eigenvalue weighted by Crippen LogP contribution is -2.10. The number of hydrogen-bond acceptors (Lipinski definition) is 3. The number of H-pyrrole nitrogens is 1. The van der Waals surface area contributed by atoms with Crippen LogP contribution in [0.4, 0.5) is 0 Å². The first-order chi connectivity index (χ1) is 7.06. The largest absolute Gasteiger partial charge is 0.469 e. The molecule has 0 aliphatic heterocycles. The molecule has 0 atom stereocenters. The predicted molar refractivity (Wildman–Crippen MR) is 60.3 cm³/mol. The van der Waals surface area contributed by atoms with Gasteiger partial charge < -0.3 is 14.3 Å². The van der Waals surface area contributed by atoms with Crippen molar-refractivity contribution in [3.63, 3.8) is 0 Å². The van der Waals surface area contributed by atoms with Crippen molar-refractivity contribution in [1.82, 2.24) is 9.55 Å². The minimum Gasteiger partial charge on any atom is -0.469 e. The van der Waals surface area contributed by atoms with Gasteiger partial charge in [0.25, 0.3) is 0 Å². The van der Waals surface area contributed by atoms with Gasteiger partial charge in [-0.25, -0.2) is 0 Å². The van der Waals surface area contributed by atoms with Crippen LogP contribution in [0.15, 0.2) is 6.20 Å². The van der Waals surface area contributed by atoms with Crippen LogP contribution in [-0.4, -0.2) is 22.6 Å². The van der Waals surface area contributed by atoms with E-state index in [0.29, 0.717) is 23.7 Å². The highest BCUT2D eigenvalue weighted by Crippen LogP contribution is 2.14. The zero-order chi connectivity index (χ0) is 11.4. The molecule has 1 aromatic rings. The van der Waals surface area contributed by atoms with Crippen molar-refractivity contribution in [1.29, 1.82) is 0 Å². The Bertz CT molecular complexity index is 392. The Morgan fingerprint density at radius 3 is 2.87 bits per heavy atom. The van der Waals surface area contributed by atoms with Crippen molar-refractivity contribution < 1.29 is 9.53 Å². The number of aromatic nitrogens is 2. The zero-order valence-corrected chi connectivity index (χ0v) is 10.1. The molecule has 0 amide bonds. The summed E-state index contributed by atoms with van der Waals surface area (Å²) < 4.78 is 7.19. The summed E-state index contributed by atoms with van der Waals surface area (Å²) >= 11 is 5.14. The van der Waals surface area contributed by atoms with E-state index in [1.165, 1.54) is 7.11 Å². The van der Waals surface area contributed by atoms with E-state index in [1.807, 2.05) is 10.8 Å². The summed E-state index contributed by atoms with van der Waals surface area (Å²) in [5.74, 6) is 0.170. The van der Waals surface area contributed by atoms with Crippen molar-refractivity contribution in [2.75, 3.05) is 7.11 Å². The Balaban J connectivity index is 2.79. The lowest BCUT2D eigenvalue weighted by Gasteiger charge is -2.09. The van der Waals surface area contributed by atoms with Crippen LogP contribution in [0.25, 0.3) is 0 Å². The van der Waals surface area contributed by atoms with Gasteiger partial charge >= 0.3 is 5.97 Å². The number of aromatic amines is 1. The van der Waals surface area contributed by atoms with Gasteiger partial charge in [0.15, 0.2) is 4.77 Å². The van der Waals surface area contributed by atoms with Gasteiger partial charge in [-0.05, 0) is 18.1 Å². The molecule has 84 valence electrons. The highest BCUT2D eigenvalue weighted by Gasteiger charge is 2.09. The quantitative estimate of drug-likeness (QED) is 0.635. The Morgan fingerprint density at radius 1 is 1.67 bits per heavy atom. The number of ether oxygens (including phenoxy) is 1. The fourth-order valence-electron chi connectivity index (χ4n) is 1.42. The number of hydrogen-bond donors (Lipinski definition) is 1. The van der Waals surface area contributed by atoms with Crippen molar-refractivity contribution >= 4 is 18.2 Å². The number of rotatable bonds is 4. The molecule has 15 heavy (non-hydrogen) atoms. The van der Waals surface area contributed by atoms with Gasteiger partial charge in [-0.2, -0.15) is 0 Å². The summed E-state index contributed by atoms with van der Waals surface area (Å²) in [5.41, 5.74) is 1.11. The van der Waals surface area contributed by atoms with Gasteiger partial charge in [-0.3, -0.25) is 4.79 Å². The van der Waals surface area contributed by atoms with Crippen molar-refractivity contribution in [2.24, 2.45) is 0 Å². The van der Waals surface area contributed by atoms with Crippen LogP contribution in [0.5, 0.6) is 0 Å². The van der Waals surface area contributed by atoms with Crippen LogP contribution in [-0.2, 0) is 16.1 Å². The Hall–Kier alpha value is -1.10. The fourth-order valence-corrected chi connectivity index (χ4v) is 1.68. The van der Waals surface area contributed by atoms with Crippen LogP contribution in [0.3, 0.4) is 0 Å². The monoisotopic (exact) mass is 228 g/mol. The SMILES string of the molecule is COC(=O)CCn1c(C(C)C)c[nH]c1=S. The summed E-state index contributed by atoms with van der Waals surface area (Å²) in [5, 5.41) is 0. The molecule has 1 rings (SSSR count). The van der Waals surface area contributed by atoms with Gasteiger partial charge in [0.2, 0.25) is 0 Å². The van der Waals surface area contributed by atoms with Crippen molar-refractivity contribution in [3.8, 4) is 0 Å². The number of methoxy groups -OCH3 is 1. The van der Waals surface area contributed by atoms with Crippen LogP contribution in [0, 0.1) is 4.77 Å². The topological polar surface area (TPSA) is 47.0 Å². The molecule has 0 aliphatic carbocycles. The molecule has 0 bridgehead atoms. The van der Waals surface area contributed by atoms with Gasteiger partial charge in [-0.15, -0.1) is 0 Å². The van der Waals surface area contributed by atoms with Crippen LogP contribution >= 0.6 is 12.2 Å². The first kappa shape index (κ1) is 12.0. The summed E-state index contributed by atoms with van der Waals surface area (Å²) in [6.45, 7) is 4.75. The van der Waals surface area contributed by atoms with Gasteiger partial charge in [0.05, 0.1) is 13.5 Å². The molecule has 0 aliphatic rings. The lowest BCUT2D eigenvalue weighted by molar-refractivity contribution is -0.140. The summed E-state index contributed by atoms with van der Waals surface area (Å²) in [4.78, 5) is 14.0. The van der Waals surface area contributed by atoms with E-state index in [4.69, 9.17) is 12.2 Å². The highest BCUT2D eigenvalue weighted by molar-refractivity contribution is 7.71. The molecule has 1 heterocycles. The van der Waals surface area contributed by atoms with Gasteiger partial charge in [0.1, 0.15) is 0 Å². The Labute approximate surface area is 94.3 Å². The van der Waals surface area contributed by atoms with E-state index in [2.05, 4.69) is 23.6 Å². The number of nitrogens with zero attached hydrogens (tertiary/aromatic N) is 1. The number of carbonyl (C=O) groups is 1.